The predicted octanol–water partition coefficient (Wildman–Crippen LogP) is 3.24. The molecule has 3 aliphatic rings. The van der Waals surface area contributed by atoms with Gasteiger partial charge in [0.1, 0.15) is 5.67 Å². The van der Waals surface area contributed by atoms with E-state index in [1.807, 2.05) is 11.0 Å². The van der Waals surface area contributed by atoms with Crippen molar-refractivity contribution in [2.24, 2.45) is 0 Å². The third-order valence-corrected chi connectivity index (χ3v) is 6.93. The molecule has 5 rings (SSSR count). The van der Waals surface area contributed by atoms with Crippen LogP contribution in [0, 0.1) is 0 Å². The molecule has 2 aromatic rings. The Labute approximate surface area is 196 Å². The molecule has 1 aliphatic carbocycles. The van der Waals surface area contributed by atoms with Gasteiger partial charge in [0.05, 0.1) is 25.5 Å². The lowest BCUT2D eigenvalue weighted by atomic mass is 9.77. The van der Waals surface area contributed by atoms with Crippen LogP contribution in [-0.2, 0) is 4.74 Å². The fraction of sp³-hybridized carbons (Fsp3) is 0.609. The van der Waals surface area contributed by atoms with Gasteiger partial charge in [0.25, 0.3) is 0 Å². The molecule has 3 fully saturated rings. The van der Waals surface area contributed by atoms with Gasteiger partial charge in [-0.1, -0.05) is 0 Å². The number of anilines is 2. The quantitative estimate of drug-likeness (QED) is 0.677. The summed E-state index contributed by atoms with van der Waals surface area (Å²) in [6, 6.07) is 3.76. The molecule has 1 atom stereocenters. The summed E-state index contributed by atoms with van der Waals surface area (Å²) in [5.41, 5.74) is 6.27. The molecule has 1 saturated carbocycles. The molecule has 0 spiro atoms. The van der Waals surface area contributed by atoms with E-state index in [4.69, 9.17) is 15.5 Å². The lowest BCUT2D eigenvalue weighted by molar-refractivity contribution is -0.0494. The molecule has 4 heterocycles. The van der Waals surface area contributed by atoms with Crippen LogP contribution in [0.15, 0.2) is 18.3 Å². The monoisotopic (exact) mass is 478 g/mol. The topological polar surface area (TPSA) is 89.6 Å². The fourth-order valence-corrected chi connectivity index (χ4v) is 4.90. The van der Waals surface area contributed by atoms with Crippen LogP contribution in [0.4, 0.5) is 24.9 Å². The molecule has 2 N–H and O–H groups in total. The first-order valence-corrected chi connectivity index (χ1v) is 11.6. The Kier molecular flexibility index (Phi) is 6.24. The van der Waals surface area contributed by atoms with Crippen LogP contribution in [0.3, 0.4) is 0 Å². The van der Waals surface area contributed by atoms with Crippen molar-refractivity contribution >= 4 is 11.8 Å². The zero-order valence-corrected chi connectivity index (χ0v) is 19.1. The maximum absolute atomic E-state index is 14.6. The minimum Gasteiger partial charge on any atom is -0.431 e. The largest absolute Gasteiger partial charge is 0.431 e. The Hall–Kier alpha value is -2.66. The Morgan fingerprint density at radius 1 is 1.18 bits per heavy atom. The third kappa shape index (κ3) is 4.90. The molecule has 2 aromatic heterocycles. The van der Waals surface area contributed by atoms with E-state index in [1.165, 1.54) is 12.3 Å². The van der Waals surface area contributed by atoms with Gasteiger partial charge in [-0.3, -0.25) is 4.90 Å². The van der Waals surface area contributed by atoms with Gasteiger partial charge < -0.3 is 20.1 Å². The van der Waals surface area contributed by atoms with Crippen LogP contribution in [0.1, 0.15) is 37.8 Å². The first-order valence-electron chi connectivity index (χ1n) is 11.6. The third-order valence-electron chi connectivity index (χ3n) is 6.93. The molecule has 0 bridgehead atoms. The van der Waals surface area contributed by atoms with Gasteiger partial charge in [0.15, 0.2) is 11.6 Å². The summed E-state index contributed by atoms with van der Waals surface area (Å²) in [6.07, 6.45) is 3.81. The highest BCUT2D eigenvalue weighted by Crippen LogP contribution is 2.41. The number of ether oxygens (including phenoxy) is 2. The number of morpholine rings is 1. The number of alkyl halides is 3. The van der Waals surface area contributed by atoms with Gasteiger partial charge in [-0.15, -0.1) is 0 Å². The van der Waals surface area contributed by atoms with Gasteiger partial charge in [0, 0.05) is 55.5 Å². The van der Waals surface area contributed by atoms with E-state index in [0.717, 1.165) is 44.8 Å². The van der Waals surface area contributed by atoms with Gasteiger partial charge in [-0.25, -0.2) is 19.3 Å². The SMILES string of the molecule is CC1(F)CCN(c2nc(-c3cnc(N)c(OC(F)F)c3)cc(C3CC(N4CCOCC4)C3)n2)C1. The summed E-state index contributed by atoms with van der Waals surface area (Å²) in [5.74, 6) is 0.351. The van der Waals surface area contributed by atoms with Crippen molar-refractivity contribution in [3.05, 3.63) is 24.0 Å². The summed E-state index contributed by atoms with van der Waals surface area (Å²) < 4.78 is 50.1. The fourth-order valence-electron chi connectivity index (χ4n) is 4.90. The Morgan fingerprint density at radius 3 is 2.62 bits per heavy atom. The van der Waals surface area contributed by atoms with E-state index in [9.17, 15) is 13.2 Å². The van der Waals surface area contributed by atoms with Crippen LogP contribution >= 0.6 is 0 Å². The molecule has 184 valence electrons. The molecule has 2 saturated heterocycles. The summed E-state index contributed by atoms with van der Waals surface area (Å²) >= 11 is 0. The summed E-state index contributed by atoms with van der Waals surface area (Å²) in [6.45, 7) is 2.66. The highest BCUT2D eigenvalue weighted by atomic mass is 19.3. The molecular formula is C23H29F3N6O2. The second-order valence-electron chi connectivity index (χ2n) is 9.52. The molecule has 8 nitrogen and oxygen atoms in total. The van der Waals surface area contributed by atoms with Crippen LogP contribution in [0.25, 0.3) is 11.3 Å². The molecule has 11 heteroatoms. The molecule has 0 radical (unpaired) electrons. The number of halogens is 3. The van der Waals surface area contributed by atoms with E-state index in [1.54, 1.807) is 6.92 Å². The standard InChI is InChI=1S/C23H29F3N6O2/c1-23(26)2-3-32(13-23)22-29-17(14-8-16(9-14)31-4-6-33-7-5-31)11-18(30-22)15-10-19(34-21(24)25)20(27)28-12-15/h10-12,14,16,21H,2-9,13H2,1H3,(H2,27,28). The van der Waals surface area contributed by atoms with Crippen molar-refractivity contribution in [3.8, 4) is 17.0 Å². The number of nitrogens with two attached hydrogens (primary N) is 1. The van der Waals surface area contributed by atoms with Crippen LogP contribution in [0.2, 0.25) is 0 Å². The first kappa shape index (κ1) is 23.1. The number of hydrogen-bond donors (Lipinski definition) is 1. The molecule has 34 heavy (non-hydrogen) atoms. The van der Waals surface area contributed by atoms with Gasteiger partial charge in [-0.05, 0) is 31.9 Å². The van der Waals surface area contributed by atoms with Crippen molar-refractivity contribution in [2.45, 2.75) is 50.4 Å². The first-order chi connectivity index (χ1) is 16.3. The highest BCUT2D eigenvalue weighted by Gasteiger charge is 2.38. The van der Waals surface area contributed by atoms with Crippen LogP contribution in [0.5, 0.6) is 5.75 Å². The number of hydrogen-bond acceptors (Lipinski definition) is 8. The minimum absolute atomic E-state index is 0.126. The second kappa shape index (κ2) is 9.18. The summed E-state index contributed by atoms with van der Waals surface area (Å²) in [4.78, 5) is 17.8. The predicted molar refractivity (Wildman–Crippen MR) is 121 cm³/mol. The number of aromatic nitrogens is 3. The van der Waals surface area contributed by atoms with E-state index in [2.05, 4.69) is 19.6 Å². The molecule has 2 aliphatic heterocycles. The van der Waals surface area contributed by atoms with Gasteiger partial charge >= 0.3 is 6.61 Å². The lowest BCUT2D eigenvalue weighted by Gasteiger charge is -2.44. The Bertz CT molecular complexity index is 1030. The summed E-state index contributed by atoms with van der Waals surface area (Å²) in [5, 5.41) is 0. The van der Waals surface area contributed by atoms with E-state index in [-0.39, 0.29) is 24.0 Å². The molecule has 1 unspecified atom stereocenters. The second-order valence-corrected chi connectivity index (χ2v) is 9.52. The maximum Gasteiger partial charge on any atom is 0.387 e. The van der Waals surface area contributed by atoms with Gasteiger partial charge in [-0.2, -0.15) is 8.78 Å². The zero-order valence-electron chi connectivity index (χ0n) is 19.1. The number of rotatable bonds is 6. The van der Waals surface area contributed by atoms with E-state index < -0.39 is 12.3 Å². The lowest BCUT2D eigenvalue weighted by Crippen LogP contribution is -2.49. The summed E-state index contributed by atoms with van der Waals surface area (Å²) in [7, 11) is 0. The molecule has 0 amide bonds. The number of nitrogen functional groups attached to an aromatic ring is 1. The Morgan fingerprint density at radius 2 is 1.94 bits per heavy atom. The normalized spacial score (nSPS) is 27.7. The van der Waals surface area contributed by atoms with Crippen LogP contribution in [-0.4, -0.2) is 77.6 Å². The van der Waals surface area contributed by atoms with Crippen molar-refractivity contribution in [2.75, 3.05) is 50.0 Å². The maximum atomic E-state index is 14.6. The highest BCUT2D eigenvalue weighted by molar-refractivity contribution is 5.65. The minimum atomic E-state index is -3.02. The average Bonchev–Trinajstić information content (AvgIpc) is 3.14. The number of pyridine rings is 1. The van der Waals surface area contributed by atoms with Crippen molar-refractivity contribution in [3.63, 3.8) is 0 Å². The van der Waals surface area contributed by atoms with Crippen LogP contribution < -0.4 is 15.4 Å². The van der Waals surface area contributed by atoms with Crippen molar-refractivity contribution in [1.82, 2.24) is 19.9 Å². The zero-order chi connectivity index (χ0) is 23.9. The van der Waals surface area contributed by atoms with Crippen molar-refractivity contribution in [1.29, 1.82) is 0 Å². The number of nitrogens with zero attached hydrogens (tertiary/aromatic N) is 5. The smallest absolute Gasteiger partial charge is 0.387 e. The van der Waals surface area contributed by atoms with Crippen molar-refractivity contribution < 1.29 is 22.6 Å². The average molecular weight is 479 g/mol. The van der Waals surface area contributed by atoms with E-state index in [0.29, 0.717) is 36.2 Å². The van der Waals surface area contributed by atoms with Gasteiger partial charge in [0.2, 0.25) is 5.95 Å². The molecule has 0 aromatic carbocycles. The molecular weight excluding hydrogens is 449 g/mol. The Balaban J connectivity index is 1.44. The van der Waals surface area contributed by atoms with E-state index >= 15 is 0 Å².